The summed E-state index contributed by atoms with van der Waals surface area (Å²) in [7, 11) is 1.52. The van der Waals surface area contributed by atoms with Crippen molar-refractivity contribution in [2.45, 2.75) is 26.9 Å². The summed E-state index contributed by atoms with van der Waals surface area (Å²) in [6, 6.07) is 12.3. The van der Waals surface area contributed by atoms with Gasteiger partial charge in [-0.25, -0.2) is 0 Å². The second kappa shape index (κ2) is 8.19. The lowest BCUT2D eigenvalue weighted by Gasteiger charge is -2.17. The molecule has 0 aliphatic carbocycles. The highest BCUT2D eigenvalue weighted by Gasteiger charge is 2.17. The molecule has 0 radical (unpaired) electrons. The van der Waals surface area contributed by atoms with E-state index in [1.54, 1.807) is 37.3 Å². The standard InChI is InChI=1S/C19H22N2O4/c1-12-7-5-10-17(13(12)2)25-14(3)18(22)20-21-19(23)15-8-6-9-16(11-15)24-4/h5-11,14H,1-4H3,(H,20,22)(H,21,23)/t14-/m0/s1. The number of rotatable bonds is 5. The molecule has 0 aliphatic heterocycles. The molecule has 0 aliphatic rings. The summed E-state index contributed by atoms with van der Waals surface area (Å²) in [6.07, 6.45) is -0.758. The predicted octanol–water partition coefficient (Wildman–Crippen LogP) is 2.54. The van der Waals surface area contributed by atoms with Crippen LogP contribution in [0.25, 0.3) is 0 Å². The monoisotopic (exact) mass is 342 g/mol. The molecule has 0 bridgehead atoms. The lowest BCUT2D eigenvalue weighted by Crippen LogP contribution is -2.47. The van der Waals surface area contributed by atoms with Crippen LogP contribution >= 0.6 is 0 Å². The van der Waals surface area contributed by atoms with Crippen molar-refractivity contribution >= 4 is 11.8 Å². The van der Waals surface area contributed by atoms with Gasteiger partial charge in [0.25, 0.3) is 11.8 Å². The fraction of sp³-hybridized carbons (Fsp3) is 0.263. The molecule has 0 saturated heterocycles. The first kappa shape index (κ1) is 18.3. The maximum Gasteiger partial charge on any atom is 0.279 e. The van der Waals surface area contributed by atoms with Gasteiger partial charge in [0, 0.05) is 5.56 Å². The smallest absolute Gasteiger partial charge is 0.279 e. The van der Waals surface area contributed by atoms with E-state index in [9.17, 15) is 9.59 Å². The fourth-order valence-corrected chi connectivity index (χ4v) is 2.15. The van der Waals surface area contributed by atoms with Gasteiger partial charge in [-0.15, -0.1) is 0 Å². The van der Waals surface area contributed by atoms with Crippen LogP contribution in [0.15, 0.2) is 42.5 Å². The molecule has 1 atom stereocenters. The Morgan fingerprint density at radius 2 is 1.76 bits per heavy atom. The number of ether oxygens (including phenoxy) is 2. The van der Waals surface area contributed by atoms with Gasteiger partial charge < -0.3 is 9.47 Å². The first-order valence-corrected chi connectivity index (χ1v) is 7.89. The first-order chi connectivity index (χ1) is 11.9. The Bertz CT molecular complexity index is 774. The third kappa shape index (κ3) is 4.73. The van der Waals surface area contributed by atoms with E-state index in [1.807, 2.05) is 26.0 Å². The first-order valence-electron chi connectivity index (χ1n) is 7.89. The zero-order chi connectivity index (χ0) is 18.4. The van der Waals surface area contributed by atoms with Gasteiger partial charge in [0.1, 0.15) is 11.5 Å². The van der Waals surface area contributed by atoms with Crippen LogP contribution in [-0.4, -0.2) is 25.0 Å². The molecule has 0 unspecified atom stereocenters. The van der Waals surface area contributed by atoms with E-state index >= 15 is 0 Å². The maximum absolute atomic E-state index is 12.1. The summed E-state index contributed by atoms with van der Waals surface area (Å²) in [4.78, 5) is 24.2. The number of methoxy groups -OCH3 is 1. The quantitative estimate of drug-likeness (QED) is 0.819. The zero-order valence-electron chi connectivity index (χ0n) is 14.8. The van der Waals surface area contributed by atoms with E-state index in [0.29, 0.717) is 17.1 Å². The molecule has 132 valence electrons. The van der Waals surface area contributed by atoms with Crippen molar-refractivity contribution in [2.24, 2.45) is 0 Å². The van der Waals surface area contributed by atoms with Crippen LogP contribution in [0.4, 0.5) is 0 Å². The Balaban J connectivity index is 1.92. The minimum absolute atomic E-state index is 0.378. The second-order valence-electron chi connectivity index (χ2n) is 5.63. The van der Waals surface area contributed by atoms with Crippen LogP contribution in [0.5, 0.6) is 11.5 Å². The minimum atomic E-state index is -0.758. The average Bonchev–Trinajstić information content (AvgIpc) is 2.63. The predicted molar refractivity (Wildman–Crippen MR) is 94.6 cm³/mol. The van der Waals surface area contributed by atoms with Crippen molar-refractivity contribution in [2.75, 3.05) is 7.11 Å². The highest BCUT2D eigenvalue weighted by atomic mass is 16.5. The van der Waals surface area contributed by atoms with Gasteiger partial charge >= 0.3 is 0 Å². The molecule has 6 heteroatoms. The lowest BCUT2D eigenvalue weighted by molar-refractivity contribution is -0.128. The van der Waals surface area contributed by atoms with Crippen LogP contribution in [0.2, 0.25) is 0 Å². The van der Waals surface area contributed by atoms with Crippen LogP contribution in [-0.2, 0) is 4.79 Å². The summed E-state index contributed by atoms with van der Waals surface area (Å²) < 4.78 is 10.7. The van der Waals surface area contributed by atoms with Crippen LogP contribution in [0.3, 0.4) is 0 Å². The molecule has 2 amide bonds. The van der Waals surface area contributed by atoms with E-state index in [4.69, 9.17) is 9.47 Å². The van der Waals surface area contributed by atoms with Gasteiger partial charge in [-0.3, -0.25) is 20.4 Å². The van der Waals surface area contributed by atoms with Crippen molar-refractivity contribution < 1.29 is 19.1 Å². The van der Waals surface area contributed by atoms with Gasteiger partial charge in [0.05, 0.1) is 7.11 Å². The number of benzene rings is 2. The molecule has 0 heterocycles. The third-order valence-electron chi connectivity index (χ3n) is 3.86. The minimum Gasteiger partial charge on any atom is -0.497 e. The molecular weight excluding hydrogens is 320 g/mol. The van der Waals surface area contributed by atoms with Gasteiger partial charge in [0.15, 0.2) is 6.10 Å². The number of aryl methyl sites for hydroxylation is 1. The molecule has 6 nitrogen and oxygen atoms in total. The molecule has 25 heavy (non-hydrogen) atoms. The van der Waals surface area contributed by atoms with Crippen LogP contribution < -0.4 is 20.3 Å². The maximum atomic E-state index is 12.1. The van der Waals surface area contributed by atoms with Crippen molar-refractivity contribution in [3.05, 3.63) is 59.2 Å². The van der Waals surface area contributed by atoms with Gasteiger partial charge in [0.2, 0.25) is 0 Å². The van der Waals surface area contributed by atoms with Crippen LogP contribution in [0, 0.1) is 13.8 Å². The molecule has 0 saturated carbocycles. The normalized spacial score (nSPS) is 11.4. The Morgan fingerprint density at radius 1 is 1.04 bits per heavy atom. The van der Waals surface area contributed by atoms with Gasteiger partial charge in [-0.2, -0.15) is 0 Å². The number of carbonyl (C=O) groups excluding carboxylic acids is 2. The summed E-state index contributed by atoms with van der Waals surface area (Å²) in [5.41, 5.74) is 7.17. The third-order valence-corrected chi connectivity index (χ3v) is 3.86. The number of nitrogens with one attached hydrogen (secondary N) is 2. The molecule has 2 rings (SSSR count). The summed E-state index contributed by atoms with van der Waals surface area (Å²) in [5, 5.41) is 0. The van der Waals surface area contributed by atoms with Gasteiger partial charge in [-0.05, 0) is 56.2 Å². The van der Waals surface area contributed by atoms with E-state index in [-0.39, 0.29) is 0 Å². The number of carbonyl (C=O) groups is 2. The van der Waals surface area contributed by atoms with Gasteiger partial charge in [-0.1, -0.05) is 18.2 Å². The number of amides is 2. The van der Waals surface area contributed by atoms with Crippen molar-refractivity contribution in [1.29, 1.82) is 0 Å². The molecule has 0 aromatic heterocycles. The fourth-order valence-electron chi connectivity index (χ4n) is 2.15. The number of hydrogen-bond donors (Lipinski definition) is 2. The topological polar surface area (TPSA) is 76.7 Å². The summed E-state index contributed by atoms with van der Waals surface area (Å²) >= 11 is 0. The van der Waals surface area contributed by atoms with Crippen molar-refractivity contribution in [1.82, 2.24) is 10.9 Å². The Kier molecular flexibility index (Phi) is 6.00. The number of hydrazine groups is 1. The zero-order valence-corrected chi connectivity index (χ0v) is 14.8. The Morgan fingerprint density at radius 3 is 2.48 bits per heavy atom. The average molecular weight is 342 g/mol. The number of hydrogen-bond acceptors (Lipinski definition) is 4. The lowest BCUT2D eigenvalue weighted by atomic mass is 10.1. The largest absolute Gasteiger partial charge is 0.497 e. The van der Waals surface area contributed by atoms with Crippen molar-refractivity contribution in [3.63, 3.8) is 0 Å². The molecule has 0 fully saturated rings. The Labute approximate surface area is 147 Å². The highest BCUT2D eigenvalue weighted by Crippen LogP contribution is 2.21. The molecule has 0 spiro atoms. The van der Waals surface area contributed by atoms with E-state index in [0.717, 1.165) is 11.1 Å². The second-order valence-corrected chi connectivity index (χ2v) is 5.63. The molecule has 2 aromatic carbocycles. The van der Waals surface area contributed by atoms with E-state index < -0.39 is 17.9 Å². The molecule has 2 aromatic rings. The SMILES string of the molecule is COc1cccc(C(=O)NNC(=O)[C@H](C)Oc2cccc(C)c2C)c1. The Hall–Kier alpha value is -3.02. The molecule has 2 N–H and O–H groups in total. The van der Waals surface area contributed by atoms with Crippen molar-refractivity contribution in [3.8, 4) is 11.5 Å². The summed E-state index contributed by atoms with van der Waals surface area (Å²) in [6.45, 7) is 5.52. The van der Waals surface area contributed by atoms with E-state index in [1.165, 1.54) is 7.11 Å². The van der Waals surface area contributed by atoms with E-state index in [2.05, 4.69) is 10.9 Å². The highest BCUT2D eigenvalue weighted by molar-refractivity contribution is 5.96. The molecular formula is C19H22N2O4. The summed E-state index contributed by atoms with van der Waals surface area (Å²) in [5.74, 6) is 0.315. The van der Waals surface area contributed by atoms with Crippen LogP contribution in [0.1, 0.15) is 28.4 Å².